The zero-order valence-corrected chi connectivity index (χ0v) is 24.2. The van der Waals surface area contributed by atoms with Gasteiger partial charge in [0, 0.05) is 0 Å². The summed E-state index contributed by atoms with van der Waals surface area (Å²) < 4.78 is 6.34. The van der Waals surface area contributed by atoms with Gasteiger partial charge in [0.1, 0.15) is 0 Å². The standard InChI is InChI=1S/C33H52O3/c1-9-20-36-26-14-15-30(6)24(29(26,4)5)13-16-32(8)25(30)11-10-23-27-22(3)21(2)12-17-33(27,28(34)35)19-18-31(23,32)7/h9-10,21-22,24-27H,1,11-20H2,2-8H3,(H,34,35). The Labute approximate surface area is 220 Å². The summed E-state index contributed by atoms with van der Waals surface area (Å²) in [6.45, 7) is 22.0. The SMILES string of the molecule is C=CCOC1CCC2(C)C(CCC3(C)C2CC=C2C4C(C)C(C)CCC4(C(=O)O)CCC23C)C1(C)C. The Morgan fingerprint density at radius 3 is 2.42 bits per heavy atom. The van der Waals surface area contributed by atoms with Crippen LogP contribution >= 0.6 is 0 Å². The Bertz CT molecular complexity index is 949. The van der Waals surface area contributed by atoms with Crippen LogP contribution in [0.2, 0.25) is 0 Å². The molecule has 0 heterocycles. The summed E-state index contributed by atoms with van der Waals surface area (Å²) in [7, 11) is 0. The average Bonchev–Trinajstić information content (AvgIpc) is 2.81. The third-order valence-corrected chi connectivity index (χ3v) is 13.8. The quantitative estimate of drug-likeness (QED) is 0.398. The van der Waals surface area contributed by atoms with Gasteiger partial charge in [0.25, 0.3) is 0 Å². The first-order valence-corrected chi connectivity index (χ1v) is 15.0. The van der Waals surface area contributed by atoms with Crippen LogP contribution in [0, 0.1) is 56.7 Å². The summed E-state index contributed by atoms with van der Waals surface area (Å²) in [4.78, 5) is 12.9. The minimum atomic E-state index is -0.551. The highest BCUT2D eigenvalue weighted by molar-refractivity contribution is 5.76. The van der Waals surface area contributed by atoms with Crippen LogP contribution in [0.3, 0.4) is 0 Å². The van der Waals surface area contributed by atoms with Crippen LogP contribution in [0.4, 0.5) is 0 Å². The van der Waals surface area contributed by atoms with Gasteiger partial charge in [0.05, 0.1) is 18.1 Å². The second-order valence-electron chi connectivity index (χ2n) is 15.1. The fraction of sp³-hybridized carbons (Fsp3) is 0.848. The molecule has 36 heavy (non-hydrogen) atoms. The molecule has 0 saturated heterocycles. The number of carboxylic acids is 1. The Hall–Kier alpha value is -1.09. The average molecular weight is 497 g/mol. The third kappa shape index (κ3) is 3.23. The van der Waals surface area contributed by atoms with Gasteiger partial charge in [0.2, 0.25) is 0 Å². The fourth-order valence-electron chi connectivity index (χ4n) is 11.3. The second-order valence-corrected chi connectivity index (χ2v) is 15.1. The van der Waals surface area contributed by atoms with Gasteiger partial charge in [-0.1, -0.05) is 66.2 Å². The highest BCUT2D eigenvalue weighted by Crippen LogP contribution is 2.75. The number of ether oxygens (including phenoxy) is 1. The van der Waals surface area contributed by atoms with Crippen molar-refractivity contribution >= 4 is 5.97 Å². The van der Waals surface area contributed by atoms with Gasteiger partial charge in [-0.3, -0.25) is 4.79 Å². The molecule has 0 aromatic rings. The lowest BCUT2D eigenvalue weighted by Crippen LogP contribution is -2.65. The van der Waals surface area contributed by atoms with Crippen molar-refractivity contribution in [3.05, 3.63) is 24.3 Å². The number of hydrogen-bond acceptors (Lipinski definition) is 2. The van der Waals surface area contributed by atoms with Gasteiger partial charge >= 0.3 is 5.97 Å². The van der Waals surface area contributed by atoms with Crippen molar-refractivity contribution in [3.63, 3.8) is 0 Å². The molecule has 3 heteroatoms. The first kappa shape index (κ1) is 26.5. The molecule has 3 nitrogen and oxygen atoms in total. The van der Waals surface area contributed by atoms with Gasteiger partial charge < -0.3 is 9.84 Å². The van der Waals surface area contributed by atoms with E-state index in [-0.39, 0.29) is 22.2 Å². The van der Waals surface area contributed by atoms with Crippen LogP contribution in [-0.2, 0) is 9.53 Å². The largest absolute Gasteiger partial charge is 0.481 e. The minimum Gasteiger partial charge on any atom is -0.481 e. The van der Waals surface area contributed by atoms with E-state index in [1.54, 1.807) is 5.57 Å². The monoisotopic (exact) mass is 496 g/mol. The maximum absolute atomic E-state index is 12.9. The molecule has 0 aromatic heterocycles. The molecule has 0 aromatic carbocycles. The van der Waals surface area contributed by atoms with E-state index in [2.05, 4.69) is 61.1 Å². The Morgan fingerprint density at radius 2 is 1.75 bits per heavy atom. The highest BCUT2D eigenvalue weighted by atomic mass is 16.5. The summed E-state index contributed by atoms with van der Waals surface area (Å²) in [5.41, 5.74) is 1.75. The van der Waals surface area contributed by atoms with Crippen molar-refractivity contribution in [1.29, 1.82) is 0 Å². The topological polar surface area (TPSA) is 46.5 Å². The van der Waals surface area contributed by atoms with Crippen LogP contribution < -0.4 is 0 Å². The molecule has 0 bridgehead atoms. The summed E-state index contributed by atoms with van der Waals surface area (Å²) in [5.74, 6) is 1.99. The van der Waals surface area contributed by atoms with Crippen molar-refractivity contribution in [2.75, 3.05) is 6.61 Å². The van der Waals surface area contributed by atoms with E-state index in [0.29, 0.717) is 41.8 Å². The number of carbonyl (C=O) groups is 1. The van der Waals surface area contributed by atoms with Crippen molar-refractivity contribution in [1.82, 2.24) is 0 Å². The number of aliphatic carboxylic acids is 1. The normalized spacial score (nSPS) is 51.6. The van der Waals surface area contributed by atoms with Crippen molar-refractivity contribution < 1.29 is 14.6 Å². The predicted molar refractivity (Wildman–Crippen MR) is 147 cm³/mol. The van der Waals surface area contributed by atoms with E-state index in [1.807, 2.05) is 6.08 Å². The molecule has 0 radical (unpaired) electrons. The molecule has 10 atom stereocenters. The lowest BCUT2D eigenvalue weighted by molar-refractivity contribution is -0.212. The molecule has 5 aliphatic rings. The van der Waals surface area contributed by atoms with E-state index >= 15 is 0 Å². The molecule has 0 spiro atoms. The summed E-state index contributed by atoms with van der Waals surface area (Å²) in [5, 5.41) is 10.6. The van der Waals surface area contributed by atoms with E-state index in [4.69, 9.17) is 4.74 Å². The highest BCUT2D eigenvalue weighted by Gasteiger charge is 2.69. The number of fused-ring (bicyclic) bond motifs is 7. The molecule has 4 fully saturated rings. The van der Waals surface area contributed by atoms with Crippen LogP contribution in [0.25, 0.3) is 0 Å². The van der Waals surface area contributed by atoms with Gasteiger partial charge in [0.15, 0.2) is 0 Å². The number of rotatable bonds is 4. The van der Waals surface area contributed by atoms with Crippen molar-refractivity contribution in [2.24, 2.45) is 56.7 Å². The molecule has 5 aliphatic carbocycles. The molecule has 0 aliphatic heterocycles. The summed E-state index contributed by atoms with van der Waals surface area (Å²) >= 11 is 0. The fourth-order valence-corrected chi connectivity index (χ4v) is 11.3. The van der Waals surface area contributed by atoms with Crippen molar-refractivity contribution in [3.8, 4) is 0 Å². The van der Waals surface area contributed by atoms with E-state index in [9.17, 15) is 9.90 Å². The Morgan fingerprint density at radius 1 is 1.03 bits per heavy atom. The lowest BCUT2D eigenvalue weighted by Gasteiger charge is -2.71. The van der Waals surface area contributed by atoms with Crippen LogP contribution in [0.1, 0.15) is 106 Å². The smallest absolute Gasteiger partial charge is 0.310 e. The van der Waals surface area contributed by atoms with Crippen LogP contribution in [-0.4, -0.2) is 23.8 Å². The molecule has 0 amide bonds. The first-order valence-electron chi connectivity index (χ1n) is 15.0. The van der Waals surface area contributed by atoms with E-state index < -0.39 is 11.4 Å². The molecule has 1 N–H and O–H groups in total. The molecule has 202 valence electrons. The minimum absolute atomic E-state index is 0.0964. The zero-order valence-electron chi connectivity index (χ0n) is 24.2. The molecule has 5 rings (SSSR count). The van der Waals surface area contributed by atoms with E-state index in [1.165, 1.54) is 19.3 Å². The van der Waals surface area contributed by atoms with Crippen LogP contribution in [0.5, 0.6) is 0 Å². The first-order chi connectivity index (χ1) is 16.8. The van der Waals surface area contributed by atoms with Crippen molar-refractivity contribution in [2.45, 2.75) is 112 Å². The molecule has 10 unspecified atom stereocenters. The maximum atomic E-state index is 12.9. The van der Waals surface area contributed by atoms with Gasteiger partial charge in [-0.15, -0.1) is 6.58 Å². The molecular weight excluding hydrogens is 444 g/mol. The second kappa shape index (κ2) is 8.45. The van der Waals surface area contributed by atoms with E-state index in [0.717, 1.165) is 38.5 Å². The number of allylic oxidation sites excluding steroid dienone is 2. The Balaban J connectivity index is 1.55. The zero-order chi connectivity index (χ0) is 26.3. The number of carboxylic acid groups (broad SMARTS) is 1. The number of hydrogen-bond donors (Lipinski definition) is 1. The third-order valence-electron chi connectivity index (χ3n) is 13.8. The Kier molecular flexibility index (Phi) is 6.23. The summed E-state index contributed by atoms with van der Waals surface area (Å²) in [6, 6.07) is 0. The van der Waals surface area contributed by atoms with Gasteiger partial charge in [-0.2, -0.15) is 0 Å². The van der Waals surface area contributed by atoms with Gasteiger partial charge in [-0.05, 0) is 109 Å². The van der Waals surface area contributed by atoms with Gasteiger partial charge in [-0.25, -0.2) is 0 Å². The predicted octanol–water partition coefficient (Wildman–Crippen LogP) is 8.30. The maximum Gasteiger partial charge on any atom is 0.310 e. The summed E-state index contributed by atoms with van der Waals surface area (Å²) in [6.07, 6.45) is 14.6. The lowest BCUT2D eigenvalue weighted by atomic mass is 9.33. The van der Waals surface area contributed by atoms with Crippen LogP contribution in [0.15, 0.2) is 24.3 Å². The molecule has 4 saturated carbocycles. The molecular formula is C33H52O3.